The van der Waals surface area contributed by atoms with E-state index >= 15 is 0 Å². The van der Waals surface area contributed by atoms with E-state index in [0.29, 0.717) is 19.3 Å². The topological polar surface area (TPSA) is 47.6 Å². The molecule has 0 aromatic rings. The Morgan fingerprint density at radius 1 is 1.39 bits per heavy atom. The highest BCUT2D eigenvalue weighted by atomic mass is 16.5. The van der Waals surface area contributed by atoms with Crippen molar-refractivity contribution in [1.82, 2.24) is 5.32 Å². The third kappa shape index (κ3) is 4.58. The van der Waals surface area contributed by atoms with Gasteiger partial charge in [-0.05, 0) is 40.5 Å². The second-order valence-electron chi connectivity index (χ2n) is 5.57. The van der Waals surface area contributed by atoms with E-state index < -0.39 is 5.54 Å². The molecule has 0 radical (unpaired) electrons. The largest absolute Gasteiger partial charge is 0.465 e. The zero-order chi connectivity index (χ0) is 13.6. The van der Waals surface area contributed by atoms with Crippen molar-refractivity contribution in [3.05, 3.63) is 0 Å². The Morgan fingerprint density at radius 3 is 2.50 bits per heavy atom. The molecule has 0 spiro atoms. The zero-order valence-corrected chi connectivity index (χ0v) is 12.1. The molecule has 1 saturated carbocycles. The minimum Gasteiger partial charge on any atom is -0.465 e. The van der Waals surface area contributed by atoms with Crippen LogP contribution >= 0.6 is 0 Å². The molecule has 0 amide bonds. The first-order chi connectivity index (χ1) is 8.48. The van der Waals surface area contributed by atoms with Gasteiger partial charge in [-0.1, -0.05) is 12.8 Å². The van der Waals surface area contributed by atoms with Gasteiger partial charge in [-0.3, -0.25) is 5.32 Å². The number of hydrogen-bond donors (Lipinski definition) is 1. The number of carbonyl (C=O) groups excluding carboxylic acids is 1. The van der Waals surface area contributed by atoms with Gasteiger partial charge in [0.25, 0.3) is 0 Å². The van der Waals surface area contributed by atoms with Crippen LogP contribution in [0, 0.1) is 0 Å². The highest BCUT2D eigenvalue weighted by Gasteiger charge is 2.36. The van der Waals surface area contributed by atoms with Crippen LogP contribution in [0.25, 0.3) is 0 Å². The van der Waals surface area contributed by atoms with Crippen LogP contribution in [0.15, 0.2) is 0 Å². The molecule has 18 heavy (non-hydrogen) atoms. The van der Waals surface area contributed by atoms with Crippen LogP contribution in [-0.4, -0.2) is 36.9 Å². The van der Waals surface area contributed by atoms with Gasteiger partial charge in [0.05, 0.1) is 19.3 Å². The van der Waals surface area contributed by atoms with Crippen LogP contribution in [0.3, 0.4) is 0 Å². The summed E-state index contributed by atoms with van der Waals surface area (Å²) in [6, 6.07) is 0.214. The van der Waals surface area contributed by atoms with Gasteiger partial charge >= 0.3 is 5.97 Å². The van der Waals surface area contributed by atoms with Crippen molar-refractivity contribution in [2.75, 3.05) is 13.2 Å². The molecule has 0 aromatic heterocycles. The maximum Gasteiger partial charge on any atom is 0.328 e. The standard InChI is InChI=1S/C14H27NO3/c1-5-17-13(16)14(4,15-11(2)3)10-18-12-8-6-7-9-12/h11-12,15H,5-10H2,1-4H3. The molecule has 1 fully saturated rings. The molecule has 1 N–H and O–H groups in total. The van der Waals surface area contributed by atoms with Crippen molar-refractivity contribution in [2.24, 2.45) is 0 Å². The molecule has 1 atom stereocenters. The fraction of sp³-hybridized carbons (Fsp3) is 0.929. The number of rotatable bonds is 7. The van der Waals surface area contributed by atoms with E-state index in [0.717, 1.165) is 12.8 Å². The van der Waals surface area contributed by atoms with E-state index in [1.165, 1.54) is 12.8 Å². The van der Waals surface area contributed by atoms with Gasteiger partial charge in [-0.25, -0.2) is 4.79 Å². The minimum absolute atomic E-state index is 0.214. The Labute approximate surface area is 110 Å². The third-order valence-corrected chi connectivity index (χ3v) is 3.24. The molecular weight excluding hydrogens is 230 g/mol. The predicted octanol–water partition coefficient (Wildman–Crippen LogP) is 2.27. The number of carbonyl (C=O) groups is 1. The van der Waals surface area contributed by atoms with E-state index in [1.807, 2.05) is 27.7 Å². The van der Waals surface area contributed by atoms with Crippen LogP contribution in [0.2, 0.25) is 0 Å². The number of nitrogens with one attached hydrogen (secondary N) is 1. The first-order valence-corrected chi connectivity index (χ1v) is 7.04. The van der Waals surface area contributed by atoms with Crippen molar-refractivity contribution in [3.63, 3.8) is 0 Å². The SMILES string of the molecule is CCOC(=O)C(C)(COC1CCCC1)NC(C)C. The summed E-state index contributed by atoms with van der Waals surface area (Å²) in [5.41, 5.74) is -0.743. The molecule has 1 aliphatic carbocycles. The second kappa shape index (κ2) is 7.10. The first-order valence-electron chi connectivity index (χ1n) is 7.04. The van der Waals surface area contributed by atoms with Gasteiger partial charge < -0.3 is 9.47 Å². The molecule has 106 valence electrons. The molecule has 1 rings (SSSR count). The molecule has 4 heteroatoms. The predicted molar refractivity (Wildman–Crippen MR) is 71.5 cm³/mol. The Morgan fingerprint density at radius 2 is 2.00 bits per heavy atom. The van der Waals surface area contributed by atoms with Crippen LogP contribution in [-0.2, 0) is 14.3 Å². The lowest BCUT2D eigenvalue weighted by molar-refractivity contribution is -0.154. The Balaban J connectivity index is 2.54. The second-order valence-corrected chi connectivity index (χ2v) is 5.57. The van der Waals surface area contributed by atoms with Crippen LogP contribution in [0.5, 0.6) is 0 Å². The number of esters is 1. The number of ether oxygens (including phenoxy) is 2. The molecule has 0 bridgehead atoms. The van der Waals surface area contributed by atoms with Gasteiger partial charge in [-0.2, -0.15) is 0 Å². The fourth-order valence-electron chi connectivity index (χ4n) is 2.43. The monoisotopic (exact) mass is 257 g/mol. The average molecular weight is 257 g/mol. The minimum atomic E-state index is -0.743. The van der Waals surface area contributed by atoms with E-state index in [-0.39, 0.29) is 12.0 Å². The molecular formula is C14H27NO3. The van der Waals surface area contributed by atoms with Crippen molar-refractivity contribution < 1.29 is 14.3 Å². The van der Waals surface area contributed by atoms with Crippen molar-refractivity contribution in [2.45, 2.75) is 71.1 Å². The molecule has 0 aromatic carbocycles. The summed E-state index contributed by atoms with van der Waals surface area (Å²) in [4.78, 5) is 12.0. The summed E-state index contributed by atoms with van der Waals surface area (Å²) < 4.78 is 11.0. The smallest absolute Gasteiger partial charge is 0.328 e. The zero-order valence-electron chi connectivity index (χ0n) is 12.1. The van der Waals surface area contributed by atoms with Gasteiger partial charge in [0.1, 0.15) is 5.54 Å². The van der Waals surface area contributed by atoms with Gasteiger partial charge in [0, 0.05) is 6.04 Å². The van der Waals surface area contributed by atoms with Crippen molar-refractivity contribution >= 4 is 5.97 Å². The highest BCUT2D eigenvalue weighted by Crippen LogP contribution is 2.22. The summed E-state index contributed by atoms with van der Waals surface area (Å²) in [5.74, 6) is -0.225. The van der Waals surface area contributed by atoms with E-state index in [4.69, 9.17) is 9.47 Å². The summed E-state index contributed by atoms with van der Waals surface area (Å²) in [6.45, 7) is 8.51. The van der Waals surface area contributed by atoms with E-state index in [1.54, 1.807) is 0 Å². The molecule has 1 aliphatic rings. The maximum absolute atomic E-state index is 12.0. The fourth-order valence-corrected chi connectivity index (χ4v) is 2.43. The van der Waals surface area contributed by atoms with Crippen LogP contribution in [0.1, 0.15) is 53.4 Å². The highest BCUT2D eigenvalue weighted by molar-refractivity contribution is 5.80. The lowest BCUT2D eigenvalue weighted by Crippen LogP contribution is -2.56. The average Bonchev–Trinajstić information content (AvgIpc) is 2.78. The molecule has 0 heterocycles. The van der Waals surface area contributed by atoms with Crippen molar-refractivity contribution in [1.29, 1.82) is 0 Å². The third-order valence-electron chi connectivity index (χ3n) is 3.24. The quantitative estimate of drug-likeness (QED) is 0.711. The Bertz CT molecular complexity index is 262. The maximum atomic E-state index is 12.0. The van der Waals surface area contributed by atoms with Crippen LogP contribution in [0.4, 0.5) is 0 Å². The van der Waals surface area contributed by atoms with Crippen LogP contribution < -0.4 is 5.32 Å². The first kappa shape index (κ1) is 15.4. The summed E-state index contributed by atoms with van der Waals surface area (Å²) in [7, 11) is 0. The lowest BCUT2D eigenvalue weighted by atomic mass is 10.0. The van der Waals surface area contributed by atoms with Gasteiger partial charge in [0.2, 0.25) is 0 Å². The number of hydrogen-bond acceptors (Lipinski definition) is 4. The van der Waals surface area contributed by atoms with Crippen molar-refractivity contribution in [3.8, 4) is 0 Å². The molecule has 4 nitrogen and oxygen atoms in total. The lowest BCUT2D eigenvalue weighted by Gasteiger charge is -2.31. The molecule has 0 saturated heterocycles. The van der Waals surface area contributed by atoms with E-state index in [2.05, 4.69) is 5.32 Å². The summed E-state index contributed by atoms with van der Waals surface area (Å²) in [5, 5.41) is 3.27. The summed E-state index contributed by atoms with van der Waals surface area (Å²) in [6.07, 6.45) is 5.01. The Kier molecular flexibility index (Phi) is 6.09. The van der Waals surface area contributed by atoms with E-state index in [9.17, 15) is 4.79 Å². The Hall–Kier alpha value is -0.610. The van der Waals surface area contributed by atoms with Gasteiger partial charge in [-0.15, -0.1) is 0 Å². The normalized spacial score (nSPS) is 20.1. The molecule has 0 aliphatic heterocycles. The molecule has 1 unspecified atom stereocenters. The van der Waals surface area contributed by atoms with Gasteiger partial charge in [0.15, 0.2) is 0 Å². The summed E-state index contributed by atoms with van der Waals surface area (Å²) >= 11 is 0.